The van der Waals surface area contributed by atoms with Gasteiger partial charge in [0, 0.05) is 17.5 Å². The van der Waals surface area contributed by atoms with Crippen molar-refractivity contribution in [1.82, 2.24) is 20.1 Å². The minimum atomic E-state index is -0.497. The highest BCUT2D eigenvalue weighted by Crippen LogP contribution is 2.38. The number of nitrogens with zero attached hydrogens (tertiary/aromatic N) is 3. The number of thiophene rings is 1. The maximum Gasteiger partial charge on any atom is 0.341 e. The fourth-order valence-corrected chi connectivity index (χ4v) is 6.53. The molecule has 1 aliphatic rings. The van der Waals surface area contributed by atoms with Crippen molar-refractivity contribution in [2.75, 3.05) is 11.9 Å². The van der Waals surface area contributed by atoms with Gasteiger partial charge in [0.2, 0.25) is 5.91 Å². The van der Waals surface area contributed by atoms with E-state index in [1.54, 1.807) is 31.5 Å². The van der Waals surface area contributed by atoms with Gasteiger partial charge >= 0.3 is 5.97 Å². The molecule has 0 bridgehead atoms. The van der Waals surface area contributed by atoms with Crippen LogP contribution in [0.4, 0.5) is 5.00 Å². The maximum atomic E-state index is 13.2. The van der Waals surface area contributed by atoms with E-state index in [1.807, 2.05) is 26.0 Å². The van der Waals surface area contributed by atoms with Crippen molar-refractivity contribution in [2.24, 2.45) is 7.05 Å². The summed E-state index contributed by atoms with van der Waals surface area (Å²) in [5, 5.41) is 14.9. The number of ether oxygens (including phenoxy) is 1. The number of aryl methyl sites for hydroxylation is 3. The van der Waals surface area contributed by atoms with Gasteiger partial charge in [0.25, 0.3) is 5.91 Å². The Morgan fingerprint density at radius 2 is 1.90 bits per heavy atom. The summed E-state index contributed by atoms with van der Waals surface area (Å²) in [5.74, 6) is -0.216. The quantitative estimate of drug-likeness (QED) is 0.212. The number of esters is 1. The lowest BCUT2D eigenvalue weighted by molar-refractivity contribution is -0.115. The van der Waals surface area contributed by atoms with Gasteiger partial charge in [0.1, 0.15) is 5.00 Å². The molecule has 2 heterocycles. The first-order chi connectivity index (χ1) is 18.7. The highest BCUT2D eigenvalue weighted by molar-refractivity contribution is 8.00. The highest BCUT2D eigenvalue weighted by atomic mass is 32.2. The summed E-state index contributed by atoms with van der Waals surface area (Å²) in [5.41, 5.74) is 4.30. The molecule has 39 heavy (non-hydrogen) atoms. The van der Waals surface area contributed by atoms with E-state index in [-0.39, 0.29) is 30.9 Å². The lowest BCUT2D eigenvalue weighted by Crippen LogP contribution is -2.25. The fourth-order valence-electron chi connectivity index (χ4n) is 4.42. The fraction of sp³-hybridized carbons (Fsp3) is 0.464. The molecule has 2 amide bonds. The highest BCUT2D eigenvalue weighted by Gasteiger charge is 2.28. The Morgan fingerprint density at radius 3 is 2.64 bits per heavy atom. The first-order valence-corrected chi connectivity index (χ1v) is 14.9. The van der Waals surface area contributed by atoms with Gasteiger partial charge in [-0.05, 0) is 82.2 Å². The van der Waals surface area contributed by atoms with Crippen LogP contribution in [0.15, 0.2) is 23.4 Å². The number of anilines is 1. The molecule has 0 saturated heterocycles. The zero-order valence-corrected chi connectivity index (χ0v) is 24.7. The molecule has 1 atom stereocenters. The second kappa shape index (κ2) is 12.8. The van der Waals surface area contributed by atoms with E-state index in [1.165, 1.54) is 23.1 Å². The average Bonchev–Trinajstić information content (AvgIpc) is 3.33. The van der Waals surface area contributed by atoms with E-state index in [9.17, 15) is 14.4 Å². The van der Waals surface area contributed by atoms with E-state index in [0.29, 0.717) is 27.1 Å². The zero-order valence-electron chi connectivity index (χ0n) is 23.1. The molecule has 0 fully saturated rings. The van der Waals surface area contributed by atoms with Gasteiger partial charge in [0.15, 0.2) is 11.0 Å². The second-order valence-electron chi connectivity index (χ2n) is 9.68. The SMILES string of the molecule is CCOC(=O)c1c(NC(=O)[C@H](C)Sc2nnc(CNC(=O)c3ccc(C)c(C)c3)n2C)sc2c1CCCCC2. The molecule has 1 aromatic carbocycles. The first kappa shape index (κ1) is 28.8. The van der Waals surface area contributed by atoms with Crippen LogP contribution in [-0.2, 0) is 36.0 Å². The number of hydrogen-bond donors (Lipinski definition) is 2. The molecule has 11 heteroatoms. The summed E-state index contributed by atoms with van der Waals surface area (Å²) in [4.78, 5) is 39.7. The summed E-state index contributed by atoms with van der Waals surface area (Å²) in [7, 11) is 1.81. The molecule has 0 saturated carbocycles. The monoisotopic (exact) mass is 569 g/mol. The smallest absolute Gasteiger partial charge is 0.341 e. The van der Waals surface area contributed by atoms with E-state index >= 15 is 0 Å². The van der Waals surface area contributed by atoms with Crippen molar-refractivity contribution in [3.63, 3.8) is 0 Å². The van der Waals surface area contributed by atoms with Gasteiger partial charge in [-0.25, -0.2) is 4.79 Å². The van der Waals surface area contributed by atoms with Crippen molar-refractivity contribution >= 4 is 45.9 Å². The zero-order chi connectivity index (χ0) is 28.1. The topological polar surface area (TPSA) is 115 Å². The Kier molecular flexibility index (Phi) is 9.45. The molecule has 1 aliphatic carbocycles. The molecule has 2 aromatic heterocycles. The van der Waals surface area contributed by atoms with Crippen LogP contribution in [0.5, 0.6) is 0 Å². The van der Waals surface area contributed by atoms with Crippen LogP contribution in [0.2, 0.25) is 0 Å². The third-order valence-corrected chi connectivity index (χ3v) is 9.23. The van der Waals surface area contributed by atoms with Crippen molar-refractivity contribution in [2.45, 2.75) is 76.8 Å². The first-order valence-electron chi connectivity index (χ1n) is 13.2. The normalized spacial score (nSPS) is 13.8. The molecule has 3 aromatic rings. The molecule has 208 valence electrons. The van der Waals surface area contributed by atoms with Crippen LogP contribution in [0.1, 0.15) is 81.2 Å². The molecule has 9 nitrogen and oxygen atoms in total. The van der Waals surface area contributed by atoms with Crippen molar-refractivity contribution in [3.8, 4) is 0 Å². The molecule has 0 unspecified atom stereocenters. The number of carbonyl (C=O) groups excluding carboxylic acids is 3. The van der Waals surface area contributed by atoms with Gasteiger partial charge < -0.3 is 19.9 Å². The number of benzene rings is 1. The standard InChI is InChI=1S/C28H35N5O4S2/c1-6-37-27(36)23-20-10-8-7-9-11-21(20)39-26(23)30-24(34)18(4)38-28-32-31-22(33(28)5)15-29-25(35)19-13-12-16(2)17(3)14-19/h12-14,18H,6-11,15H2,1-5H3,(H,29,35)(H,30,34)/t18-/m0/s1. The van der Waals surface area contributed by atoms with Gasteiger partial charge in [-0.2, -0.15) is 0 Å². The van der Waals surface area contributed by atoms with Crippen LogP contribution in [0.3, 0.4) is 0 Å². The van der Waals surface area contributed by atoms with Crippen molar-refractivity contribution < 1.29 is 19.1 Å². The van der Waals surface area contributed by atoms with Crippen LogP contribution in [-0.4, -0.2) is 44.4 Å². The van der Waals surface area contributed by atoms with E-state index in [2.05, 4.69) is 20.8 Å². The number of nitrogens with one attached hydrogen (secondary N) is 2. The van der Waals surface area contributed by atoms with Gasteiger partial charge in [0.05, 0.1) is 24.0 Å². The van der Waals surface area contributed by atoms with E-state index < -0.39 is 5.25 Å². The molecule has 0 spiro atoms. The van der Waals surface area contributed by atoms with Crippen LogP contribution in [0, 0.1) is 13.8 Å². The Morgan fingerprint density at radius 1 is 1.13 bits per heavy atom. The van der Waals surface area contributed by atoms with Crippen LogP contribution in [0.25, 0.3) is 0 Å². The van der Waals surface area contributed by atoms with Crippen molar-refractivity contribution in [1.29, 1.82) is 0 Å². The number of amides is 2. The minimum Gasteiger partial charge on any atom is -0.462 e. The molecule has 0 radical (unpaired) electrons. The van der Waals surface area contributed by atoms with Crippen LogP contribution < -0.4 is 10.6 Å². The third kappa shape index (κ3) is 6.70. The molecular weight excluding hydrogens is 534 g/mol. The molecular formula is C28H35N5O4S2. The number of hydrogen-bond acceptors (Lipinski definition) is 8. The third-order valence-electron chi connectivity index (χ3n) is 6.89. The number of thioether (sulfide) groups is 1. The second-order valence-corrected chi connectivity index (χ2v) is 12.1. The van der Waals surface area contributed by atoms with Gasteiger partial charge in [-0.1, -0.05) is 24.2 Å². The number of aromatic nitrogens is 3. The number of rotatable bonds is 9. The van der Waals surface area contributed by atoms with E-state index in [0.717, 1.165) is 53.7 Å². The average molecular weight is 570 g/mol. The lowest BCUT2D eigenvalue weighted by Gasteiger charge is -2.12. The Hall–Kier alpha value is -3.18. The van der Waals surface area contributed by atoms with Crippen LogP contribution >= 0.6 is 23.1 Å². The Bertz CT molecular complexity index is 1380. The summed E-state index contributed by atoms with van der Waals surface area (Å²) in [6.07, 6.45) is 4.97. The Labute approximate surface area is 237 Å². The van der Waals surface area contributed by atoms with E-state index in [4.69, 9.17) is 4.74 Å². The van der Waals surface area contributed by atoms with Gasteiger partial charge in [-0.3, -0.25) is 9.59 Å². The summed E-state index contributed by atoms with van der Waals surface area (Å²) in [6, 6.07) is 5.59. The lowest BCUT2D eigenvalue weighted by atomic mass is 10.1. The predicted octanol–water partition coefficient (Wildman–Crippen LogP) is 4.99. The van der Waals surface area contributed by atoms with Gasteiger partial charge in [-0.15, -0.1) is 21.5 Å². The number of fused-ring (bicyclic) bond motifs is 1. The number of carbonyl (C=O) groups is 3. The minimum absolute atomic E-state index is 0.185. The summed E-state index contributed by atoms with van der Waals surface area (Å²) in [6.45, 7) is 8.04. The molecule has 2 N–H and O–H groups in total. The summed E-state index contributed by atoms with van der Waals surface area (Å²) < 4.78 is 7.10. The largest absolute Gasteiger partial charge is 0.462 e. The molecule has 4 rings (SSSR count). The maximum absolute atomic E-state index is 13.2. The van der Waals surface area contributed by atoms with Crippen molar-refractivity contribution in [3.05, 3.63) is 56.7 Å². The predicted molar refractivity (Wildman–Crippen MR) is 154 cm³/mol. The Balaban J connectivity index is 1.41. The summed E-state index contributed by atoms with van der Waals surface area (Å²) >= 11 is 2.75. The molecule has 0 aliphatic heterocycles.